The Morgan fingerprint density at radius 2 is 2.31 bits per heavy atom. The van der Waals surface area contributed by atoms with E-state index in [4.69, 9.17) is 10.5 Å². The first kappa shape index (κ1) is 12.3. The van der Waals surface area contributed by atoms with Gasteiger partial charge in [-0.3, -0.25) is 4.79 Å². The third kappa shape index (κ3) is 3.43. The molecular weight excluding hydrogens is 208 g/mol. The zero-order valence-corrected chi connectivity index (χ0v) is 9.05. The predicted octanol–water partition coefficient (Wildman–Crippen LogP) is 1.51. The summed E-state index contributed by atoms with van der Waals surface area (Å²) in [5, 5.41) is 2.38. The molecule has 0 radical (unpaired) electrons. The van der Waals surface area contributed by atoms with Crippen LogP contribution in [0.3, 0.4) is 0 Å². The summed E-state index contributed by atoms with van der Waals surface area (Å²) in [6.45, 7) is 2.11. The molecule has 0 bridgehead atoms. The van der Waals surface area contributed by atoms with Gasteiger partial charge in [0.15, 0.2) is 0 Å². The van der Waals surface area contributed by atoms with E-state index in [-0.39, 0.29) is 0 Å². The van der Waals surface area contributed by atoms with Crippen molar-refractivity contribution >= 4 is 11.6 Å². The first-order valence-corrected chi connectivity index (χ1v) is 5.00. The van der Waals surface area contributed by atoms with Gasteiger partial charge in [-0.2, -0.15) is 0 Å². The van der Waals surface area contributed by atoms with E-state index < -0.39 is 12.0 Å². The van der Waals surface area contributed by atoms with Gasteiger partial charge in [0.2, 0.25) is 0 Å². The number of hydrogen-bond acceptors (Lipinski definition) is 4. The lowest BCUT2D eigenvalue weighted by Gasteiger charge is -2.12. The maximum absolute atomic E-state index is 11.2. The number of nitrogen functional groups attached to an aromatic ring is 1. The number of ether oxygens (including phenoxy) is 1. The van der Waals surface area contributed by atoms with Gasteiger partial charge in [0, 0.05) is 23.9 Å². The van der Waals surface area contributed by atoms with E-state index >= 15 is 0 Å². The van der Waals surface area contributed by atoms with Crippen molar-refractivity contribution in [3.63, 3.8) is 0 Å². The normalized spacial score (nSPS) is 12.1. The number of amides is 1. The van der Waals surface area contributed by atoms with Gasteiger partial charge in [-0.15, -0.1) is 4.91 Å². The van der Waals surface area contributed by atoms with Crippen LogP contribution in [0.2, 0.25) is 0 Å². The molecule has 5 nitrogen and oxygen atoms in total. The van der Waals surface area contributed by atoms with Crippen molar-refractivity contribution in [2.24, 2.45) is 5.18 Å². The monoisotopic (exact) mass is 222 g/mol. The van der Waals surface area contributed by atoms with Crippen LogP contribution < -0.4 is 5.73 Å². The van der Waals surface area contributed by atoms with Crippen molar-refractivity contribution in [1.82, 2.24) is 0 Å². The van der Waals surface area contributed by atoms with Crippen LogP contribution in [0, 0.1) is 4.91 Å². The van der Waals surface area contributed by atoms with Crippen molar-refractivity contribution in [3.8, 4) is 0 Å². The largest absolute Gasteiger partial charge is 0.399 e. The van der Waals surface area contributed by atoms with Gasteiger partial charge in [0.1, 0.15) is 6.10 Å². The molecule has 1 atom stereocenters. The molecule has 0 aliphatic carbocycles. The minimum atomic E-state index is -0.815. The summed E-state index contributed by atoms with van der Waals surface area (Å²) in [5.74, 6) is -0.788. The summed E-state index contributed by atoms with van der Waals surface area (Å²) in [6.07, 6.45) is -0.506. The number of nitrogens with zero attached hydrogens (tertiary/aromatic N) is 1. The number of nitrogens with two attached hydrogens (primary N) is 1. The van der Waals surface area contributed by atoms with Gasteiger partial charge in [-0.25, -0.2) is 0 Å². The van der Waals surface area contributed by atoms with Crippen LogP contribution in [0.5, 0.6) is 0 Å². The molecule has 0 fully saturated rings. The average Bonchev–Trinajstić information content (AvgIpc) is 2.27. The van der Waals surface area contributed by atoms with Gasteiger partial charge in [0.05, 0.1) is 0 Å². The zero-order chi connectivity index (χ0) is 12.0. The van der Waals surface area contributed by atoms with Crippen LogP contribution in [-0.4, -0.2) is 18.6 Å². The number of nitroso groups, excluding NO2 is 1. The molecule has 0 saturated heterocycles. The standard InChI is InChI=1S/C11H14N2O3/c1-2-16-10(11(14)13-15)7-8-4-3-5-9(12)6-8/h3-6,10H,2,7,12H2,1H3. The van der Waals surface area contributed by atoms with Crippen LogP contribution >= 0.6 is 0 Å². The molecule has 0 aromatic heterocycles. The fraction of sp³-hybridized carbons (Fsp3) is 0.364. The first-order valence-electron chi connectivity index (χ1n) is 5.00. The van der Waals surface area contributed by atoms with E-state index in [0.717, 1.165) is 5.56 Å². The smallest absolute Gasteiger partial charge is 0.315 e. The molecule has 86 valence electrons. The van der Waals surface area contributed by atoms with Crippen molar-refractivity contribution in [2.45, 2.75) is 19.4 Å². The maximum atomic E-state index is 11.2. The predicted molar refractivity (Wildman–Crippen MR) is 60.8 cm³/mol. The number of benzene rings is 1. The Kier molecular flexibility index (Phi) is 4.60. The Morgan fingerprint density at radius 3 is 2.88 bits per heavy atom. The quantitative estimate of drug-likeness (QED) is 0.604. The Bertz CT molecular complexity index is 379. The summed E-state index contributed by atoms with van der Waals surface area (Å²) in [5.41, 5.74) is 7.06. The molecule has 0 aliphatic rings. The minimum absolute atomic E-state index is 0.309. The highest BCUT2D eigenvalue weighted by atomic mass is 16.5. The highest BCUT2D eigenvalue weighted by Gasteiger charge is 2.19. The van der Waals surface area contributed by atoms with Gasteiger partial charge in [-0.1, -0.05) is 12.1 Å². The highest BCUT2D eigenvalue weighted by Crippen LogP contribution is 2.11. The van der Waals surface area contributed by atoms with Crippen LogP contribution in [0.4, 0.5) is 5.69 Å². The van der Waals surface area contributed by atoms with E-state index in [2.05, 4.69) is 5.18 Å². The van der Waals surface area contributed by atoms with Crippen LogP contribution in [-0.2, 0) is 16.0 Å². The van der Waals surface area contributed by atoms with E-state index in [9.17, 15) is 9.70 Å². The molecule has 0 aliphatic heterocycles. The second-order valence-electron chi connectivity index (χ2n) is 3.32. The maximum Gasteiger partial charge on any atom is 0.315 e. The molecule has 1 unspecified atom stereocenters. The fourth-order valence-electron chi connectivity index (χ4n) is 1.41. The molecule has 1 aromatic rings. The molecule has 0 saturated carbocycles. The molecule has 2 N–H and O–H groups in total. The number of rotatable bonds is 5. The molecule has 1 rings (SSSR count). The number of carbonyl (C=O) groups is 1. The summed E-state index contributed by atoms with van der Waals surface area (Å²) < 4.78 is 5.15. The van der Waals surface area contributed by atoms with Crippen molar-refractivity contribution < 1.29 is 9.53 Å². The molecule has 1 amide bonds. The highest BCUT2D eigenvalue weighted by molar-refractivity contribution is 5.81. The Hall–Kier alpha value is -1.75. The third-order valence-electron chi connectivity index (χ3n) is 2.11. The second-order valence-corrected chi connectivity index (χ2v) is 3.32. The van der Waals surface area contributed by atoms with Crippen molar-refractivity contribution in [3.05, 3.63) is 34.7 Å². The van der Waals surface area contributed by atoms with Gasteiger partial charge >= 0.3 is 5.91 Å². The second kappa shape index (κ2) is 5.97. The third-order valence-corrected chi connectivity index (χ3v) is 2.11. The first-order chi connectivity index (χ1) is 7.67. The van der Waals surface area contributed by atoms with Gasteiger partial charge < -0.3 is 10.5 Å². The van der Waals surface area contributed by atoms with E-state index in [1.165, 1.54) is 0 Å². The number of hydrogen-bond donors (Lipinski definition) is 1. The minimum Gasteiger partial charge on any atom is -0.399 e. The van der Waals surface area contributed by atoms with Gasteiger partial charge in [0.25, 0.3) is 0 Å². The van der Waals surface area contributed by atoms with Crippen LogP contribution in [0.1, 0.15) is 12.5 Å². The molecule has 16 heavy (non-hydrogen) atoms. The molecule has 0 heterocycles. The fourth-order valence-corrected chi connectivity index (χ4v) is 1.41. The van der Waals surface area contributed by atoms with Crippen LogP contribution in [0.15, 0.2) is 29.4 Å². The van der Waals surface area contributed by atoms with E-state index in [1.807, 2.05) is 6.07 Å². The Morgan fingerprint density at radius 1 is 1.56 bits per heavy atom. The summed E-state index contributed by atoms with van der Waals surface area (Å²) in [4.78, 5) is 21.3. The van der Waals surface area contributed by atoms with Gasteiger partial charge in [-0.05, 0) is 24.6 Å². The lowest BCUT2D eigenvalue weighted by atomic mass is 10.1. The summed E-state index contributed by atoms with van der Waals surface area (Å²) in [7, 11) is 0. The molecular formula is C11H14N2O3. The van der Waals surface area contributed by atoms with Crippen molar-refractivity contribution in [1.29, 1.82) is 0 Å². The Balaban J connectivity index is 2.75. The Labute approximate surface area is 93.6 Å². The lowest BCUT2D eigenvalue weighted by molar-refractivity contribution is -0.129. The molecule has 0 spiro atoms. The van der Waals surface area contributed by atoms with E-state index in [0.29, 0.717) is 18.7 Å². The summed E-state index contributed by atoms with van der Waals surface area (Å²) >= 11 is 0. The van der Waals surface area contributed by atoms with Crippen LogP contribution in [0.25, 0.3) is 0 Å². The summed E-state index contributed by atoms with van der Waals surface area (Å²) in [6, 6.07) is 7.09. The molecule has 1 aromatic carbocycles. The SMILES string of the molecule is CCOC(Cc1cccc(N)c1)C(=O)N=O. The molecule has 5 heteroatoms. The van der Waals surface area contributed by atoms with Crippen molar-refractivity contribution in [2.75, 3.05) is 12.3 Å². The topological polar surface area (TPSA) is 81.8 Å². The number of carbonyl (C=O) groups excluding carboxylic acids is 1. The van der Waals surface area contributed by atoms with E-state index in [1.54, 1.807) is 25.1 Å². The zero-order valence-electron chi connectivity index (χ0n) is 9.05. The lowest BCUT2D eigenvalue weighted by Crippen LogP contribution is -2.25. The number of anilines is 1. The average molecular weight is 222 g/mol.